The molecule has 1 aromatic heterocycles. The number of halogens is 2. The van der Waals surface area contributed by atoms with E-state index in [0.717, 1.165) is 37.4 Å². The van der Waals surface area contributed by atoms with Crippen LogP contribution in [-0.2, 0) is 4.79 Å². The van der Waals surface area contributed by atoms with Gasteiger partial charge in [-0.25, -0.2) is 0 Å². The maximum absolute atomic E-state index is 12.3. The average Bonchev–Trinajstić information content (AvgIpc) is 3.28. The Morgan fingerprint density at radius 1 is 1.03 bits per heavy atom. The summed E-state index contributed by atoms with van der Waals surface area (Å²) in [5, 5.41) is 7.10. The first kappa shape index (κ1) is 24.3. The fraction of sp³-hybridized carbons (Fsp3) is 0.200. The minimum Gasteiger partial charge on any atom is -0.457 e. The molecule has 0 aliphatic carbocycles. The molecule has 6 nitrogen and oxygen atoms in total. The molecule has 9 heteroatoms. The van der Waals surface area contributed by atoms with Crippen molar-refractivity contribution in [3.05, 3.63) is 76.5 Å². The molecule has 2 heterocycles. The van der Waals surface area contributed by atoms with Gasteiger partial charge in [0, 0.05) is 48.5 Å². The van der Waals surface area contributed by atoms with E-state index in [1.807, 2.05) is 36.4 Å². The Hall–Kier alpha value is -2.84. The summed E-state index contributed by atoms with van der Waals surface area (Å²) < 4.78 is 5.76. The van der Waals surface area contributed by atoms with Gasteiger partial charge in [0.05, 0.1) is 10.7 Å². The number of amides is 1. The molecule has 34 heavy (non-hydrogen) atoms. The van der Waals surface area contributed by atoms with Gasteiger partial charge < -0.3 is 19.5 Å². The van der Waals surface area contributed by atoms with Crippen LogP contribution in [0.1, 0.15) is 5.76 Å². The number of carbonyl (C=O) groups is 1. The highest BCUT2D eigenvalue weighted by Crippen LogP contribution is 2.29. The number of carbonyl (C=O) groups excluding carboxylic acids is 1. The van der Waals surface area contributed by atoms with Crippen molar-refractivity contribution in [2.75, 3.05) is 43.4 Å². The second-order valence-electron chi connectivity index (χ2n) is 7.94. The fourth-order valence-electron chi connectivity index (χ4n) is 3.57. The quantitative estimate of drug-likeness (QED) is 0.344. The topological polar surface area (TPSA) is 60.8 Å². The zero-order valence-electron chi connectivity index (χ0n) is 18.6. The van der Waals surface area contributed by atoms with Crippen LogP contribution in [0.15, 0.2) is 65.1 Å². The first-order chi connectivity index (χ1) is 16.4. The van der Waals surface area contributed by atoms with Gasteiger partial charge in [-0.1, -0.05) is 23.2 Å². The number of furan rings is 1. The van der Waals surface area contributed by atoms with Crippen LogP contribution in [-0.4, -0.2) is 49.1 Å². The Morgan fingerprint density at radius 3 is 2.47 bits per heavy atom. The molecule has 2 N–H and O–H groups in total. The Bertz CT molecular complexity index is 1200. The molecular formula is C25H24Cl2N4O2S. The number of nitrogens with one attached hydrogen (secondary N) is 2. The van der Waals surface area contributed by atoms with E-state index < -0.39 is 0 Å². The monoisotopic (exact) mass is 514 g/mol. The van der Waals surface area contributed by atoms with Gasteiger partial charge in [0.2, 0.25) is 5.91 Å². The lowest BCUT2D eigenvalue weighted by Gasteiger charge is -2.34. The summed E-state index contributed by atoms with van der Waals surface area (Å²) in [4.78, 5) is 16.8. The Labute approximate surface area is 214 Å². The van der Waals surface area contributed by atoms with E-state index in [0.29, 0.717) is 27.3 Å². The maximum atomic E-state index is 12.3. The van der Waals surface area contributed by atoms with Crippen LogP contribution in [0.2, 0.25) is 10.0 Å². The third-order valence-electron chi connectivity index (χ3n) is 5.44. The van der Waals surface area contributed by atoms with Crippen LogP contribution in [0.5, 0.6) is 0 Å². The van der Waals surface area contributed by atoms with E-state index in [4.69, 9.17) is 39.8 Å². The largest absolute Gasteiger partial charge is 0.457 e. The highest BCUT2D eigenvalue weighted by atomic mass is 35.5. The van der Waals surface area contributed by atoms with Crippen LogP contribution in [0, 0.1) is 0 Å². The number of thiocarbonyl (C=S) groups is 1. The summed E-state index contributed by atoms with van der Waals surface area (Å²) in [6.07, 6.45) is 2.95. The molecule has 1 amide bonds. The molecule has 176 valence electrons. The van der Waals surface area contributed by atoms with Gasteiger partial charge in [-0.15, -0.1) is 0 Å². The molecule has 0 spiro atoms. The van der Waals surface area contributed by atoms with Crippen molar-refractivity contribution in [3.8, 4) is 11.3 Å². The molecule has 1 fully saturated rings. The lowest BCUT2D eigenvalue weighted by Crippen LogP contribution is -2.44. The molecular weight excluding hydrogens is 491 g/mol. The number of benzene rings is 2. The summed E-state index contributed by atoms with van der Waals surface area (Å²) in [5.41, 5.74) is 2.60. The number of likely N-dealkylation sites (N-methyl/N-ethyl adjacent to an activating group) is 1. The molecule has 3 aromatic rings. The van der Waals surface area contributed by atoms with Gasteiger partial charge in [-0.3, -0.25) is 10.1 Å². The zero-order chi connectivity index (χ0) is 24.1. The predicted molar refractivity (Wildman–Crippen MR) is 144 cm³/mol. The SMILES string of the molecule is CN1CCN(c2ccc(NC(=S)NC(=O)/C=C/c3ccc(-c4ccc(Cl)cc4)o3)cc2Cl)CC1. The highest BCUT2D eigenvalue weighted by Gasteiger charge is 2.17. The maximum Gasteiger partial charge on any atom is 0.250 e. The Morgan fingerprint density at radius 2 is 1.76 bits per heavy atom. The van der Waals surface area contributed by atoms with E-state index >= 15 is 0 Å². The van der Waals surface area contributed by atoms with Crippen LogP contribution in [0.3, 0.4) is 0 Å². The normalized spacial score (nSPS) is 14.4. The standard InChI is InChI=1S/C25H24Cl2N4O2S/c1-30-12-14-31(15-13-30)22-9-6-19(16-21(22)27)28-25(34)29-24(32)11-8-20-7-10-23(33-20)17-2-4-18(26)5-3-17/h2-11,16H,12-15H2,1H3,(H2,28,29,32,34)/b11-8+. The van der Waals surface area contributed by atoms with E-state index in [-0.39, 0.29) is 11.0 Å². The minimum absolute atomic E-state index is 0.180. The van der Waals surface area contributed by atoms with Crippen molar-refractivity contribution >= 4 is 63.9 Å². The molecule has 0 saturated carbocycles. The van der Waals surface area contributed by atoms with Crippen LogP contribution >= 0.6 is 35.4 Å². The van der Waals surface area contributed by atoms with Crippen LogP contribution < -0.4 is 15.5 Å². The summed E-state index contributed by atoms with van der Waals surface area (Å²) in [6.45, 7) is 3.86. The van der Waals surface area contributed by atoms with Gasteiger partial charge in [0.1, 0.15) is 11.5 Å². The summed E-state index contributed by atoms with van der Waals surface area (Å²) in [7, 11) is 2.11. The zero-order valence-corrected chi connectivity index (χ0v) is 20.9. The smallest absolute Gasteiger partial charge is 0.250 e. The molecule has 0 bridgehead atoms. The highest BCUT2D eigenvalue weighted by molar-refractivity contribution is 7.80. The second kappa shape index (κ2) is 11.1. The second-order valence-corrected chi connectivity index (χ2v) is 9.19. The Balaban J connectivity index is 1.30. The van der Waals surface area contributed by atoms with Gasteiger partial charge in [0.25, 0.3) is 0 Å². The van der Waals surface area contributed by atoms with Gasteiger partial charge >= 0.3 is 0 Å². The van der Waals surface area contributed by atoms with Crippen LogP contribution in [0.25, 0.3) is 17.4 Å². The first-order valence-electron chi connectivity index (χ1n) is 10.8. The minimum atomic E-state index is -0.373. The van der Waals surface area contributed by atoms with Crippen molar-refractivity contribution in [3.63, 3.8) is 0 Å². The third-order valence-corrected chi connectivity index (χ3v) is 6.20. The van der Waals surface area contributed by atoms with Gasteiger partial charge in [0.15, 0.2) is 5.11 Å². The lowest BCUT2D eigenvalue weighted by atomic mass is 10.2. The van der Waals surface area contributed by atoms with Crippen molar-refractivity contribution in [1.29, 1.82) is 0 Å². The van der Waals surface area contributed by atoms with E-state index in [2.05, 4.69) is 27.5 Å². The van der Waals surface area contributed by atoms with E-state index in [1.54, 1.807) is 24.3 Å². The lowest BCUT2D eigenvalue weighted by molar-refractivity contribution is -0.115. The van der Waals surface area contributed by atoms with Gasteiger partial charge in [-0.05, 0) is 79.9 Å². The number of piperazine rings is 1. The predicted octanol–water partition coefficient (Wildman–Crippen LogP) is 5.53. The molecule has 4 rings (SSSR count). The average molecular weight is 515 g/mol. The molecule has 0 unspecified atom stereocenters. The van der Waals surface area contributed by atoms with Crippen molar-refractivity contribution in [2.24, 2.45) is 0 Å². The van der Waals surface area contributed by atoms with E-state index in [9.17, 15) is 4.79 Å². The Kier molecular flexibility index (Phi) is 7.90. The van der Waals surface area contributed by atoms with E-state index in [1.165, 1.54) is 6.08 Å². The number of anilines is 2. The first-order valence-corrected chi connectivity index (χ1v) is 11.9. The third kappa shape index (κ3) is 6.39. The fourth-order valence-corrected chi connectivity index (χ4v) is 4.22. The van der Waals surface area contributed by atoms with Crippen molar-refractivity contribution < 1.29 is 9.21 Å². The van der Waals surface area contributed by atoms with Crippen molar-refractivity contribution in [1.82, 2.24) is 10.2 Å². The van der Waals surface area contributed by atoms with Crippen molar-refractivity contribution in [2.45, 2.75) is 0 Å². The molecule has 0 atom stereocenters. The number of rotatable bonds is 5. The summed E-state index contributed by atoms with van der Waals surface area (Å²) in [6, 6.07) is 16.6. The molecule has 2 aromatic carbocycles. The molecule has 1 saturated heterocycles. The van der Waals surface area contributed by atoms with Gasteiger partial charge in [-0.2, -0.15) is 0 Å². The molecule has 1 aliphatic heterocycles. The number of nitrogens with zero attached hydrogens (tertiary/aromatic N) is 2. The molecule has 0 radical (unpaired) electrons. The summed E-state index contributed by atoms with van der Waals surface area (Å²) >= 11 is 17.7. The van der Waals surface area contributed by atoms with Crippen LogP contribution in [0.4, 0.5) is 11.4 Å². The summed E-state index contributed by atoms with van der Waals surface area (Å²) in [5.74, 6) is 0.859. The number of hydrogen-bond acceptors (Lipinski definition) is 5. The molecule has 1 aliphatic rings. The number of hydrogen-bond donors (Lipinski definition) is 2.